The van der Waals surface area contributed by atoms with E-state index < -0.39 is 0 Å². The van der Waals surface area contributed by atoms with Crippen molar-refractivity contribution in [2.24, 2.45) is 0 Å². The van der Waals surface area contributed by atoms with Gasteiger partial charge in [-0.25, -0.2) is 4.39 Å². The van der Waals surface area contributed by atoms with Crippen LogP contribution in [0.2, 0.25) is 0 Å². The van der Waals surface area contributed by atoms with Gasteiger partial charge in [0.1, 0.15) is 5.82 Å². The van der Waals surface area contributed by atoms with Crippen LogP contribution in [0.4, 0.5) is 4.39 Å². The zero-order chi connectivity index (χ0) is 13.0. The first kappa shape index (κ1) is 12.8. The van der Waals surface area contributed by atoms with E-state index in [0.29, 0.717) is 0 Å². The molecule has 0 saturated carbocycles. The second-order valence-corrected chi connectivity index (χ2v) is 4.33. The molecule has 0 fully saturated rings. The third-order valence-electron chi connectivity index (χ3n) is 3.24. The minimum absolute atomic E-state index is 0.113. The quantitative estimate of drug-likeness (QED) is 0.863. The maximum Gasteiger partial charge on any atom is 0.123 e. The number of hydrogen-bond donors (Lipinski definition) is 1. The Hall–Kier alpha value is -1.67. The maximum atomic E-state index is 13.0. The molecule has 0 aliphatic heterocycles. The summed E-state index contributed by atoms with van der Waals surface area (Å²) < 4.78 is 13.0. The molecule has 0 amide bonds. The lowest BCUT2D eigenvalue weighted by atomic mass is 9.93. The highest BCUT2D eigenvalue weighted by Gasteiger charge is 2.14. The molecule has 1 unspecified atom stereocenters. The molecule has 18 heavy (non-hydrogen) atoms. The summed E-state index contributed by atoms with van der Waals surface area (Å²) in [6.07, 6.45) is 0.996. The predicted octanol–water partition coefficient (Wildman–Crippen LogP) is 3.70. The van der Waals surface area contributed by atoms with Crippen LogP contribution in [0.5, 0.6) is 0 Å². The standard InChI is InChI=1S/C16H18FN/c1-3-12-6-4-5-7-15(12)16(18-2)13-8-10-14(17)11-9-13/h4-11,16,18H,3H2,1-2H3. The van der Waals surface area contributed by atoms with Gasteiger partial charge in [0.25, 0.3) is 0 Å². The molecule has 1 atom stereocenters. The van der Waals surface area contributed by atoms with Crippen molar-refractivity contribution in [2.45, 2.75) is 19.4 Å². The Labute approximate surface area is 108 Å². The van der Waals surface area contributed by atoms with Crippen molar-refractivity contribution >= 4 is 0 Å². The molecule has 0 saturated heterocycles. The van der Waals surface area contributed by atoms with Crippen molar-refractivity contribution in [3.63, 3.8) is 0 Å². The molecule has 0 aliphatic rings. The van der Waals surface area contributed by atoms with Gasteiger partial charge in [-0.3, -0.25) is 0 Å². The van der Waals surface area contributed by atoms with Gasteiger partial charge in [0.05, 0.1) is 6.04 Å². The summed E-state index contributed by atoms with van der Waals surface area (Å²) in [5, 5.41) is 3.31. The first-order chi connectivity index (χ1) is 8.76. The predicted molar refractivity (Wildman–Crippen MR) is 73.1 cm³/mol. The topological polar surface area (TPSA) is 12.0 Å². The van der Waals surface area contributed by atoms with Crippen LogP contribution in [0.3, 0.4) is 0 Å². The number of hydrogen-bond acceptors (Lipinski definition) is 1. The molecule has 0 spiro atoms. The van der Waals surface area contributed by atoms with Gasteiger partial charge in [0.15, 0.2) is 0 Å². The monoisotopic (exact) mass is 243 g/mol. The van der Waals surface area contributed by atoms with Gasteiger partial charge in [-0.1, -0.05) is 43.3 Å². The van der Waals surface area contributed by atoms with Crippen molar-refractivity contribution in [3.05, 3.63) is 71.0 Å². The average molecular weight is 243 g/mol. The first-order valence-electron chi connectivity index (χ1n) is 6.26. The average Bonchev–Trinajstić information content (AvgIpc) is 2.42. The van der Waals surface area contributed by atoms with E-state index in [1.54, 1.807) is 0 Å². The summed E-state index contributed by atoms with van der Waals surface area (Å²) in [7, 11) is 1.93. The number of halogens is 1. The SMILES string of the molecule is CCc1ccccc1C(NC)c1ccc(F)cc1. The molecular formula is C16H18FN. The van der Waals surface area contributed by atoms with Crippen LogP contribution in [-0.2, 0) is 6.42 Å². The third kappa shape index (κ3) is 2.59. The summed E-state index contributed by atoms with van der Waals surface area (Å²) in [6.45, 7) is 2.15. The summed E-state index contributed by atoms with van der Waals surface area (Å²) in [6, 6.07) is 15.2. The van der Waals surface area contributed by atoms with Crippen LogP contribution >= 0.6 is 0 Å². The number of rotatable bonds is 4. The highest BCUT2D eigenvalue weighted by atomic mass is 19.1. The van der Waals surface area contributed by atoms with Gasteiger partial charge < -0.3 is 5.32 Å². The molecule has 0 radical (unpaired) electrons. The summed E-state index contributed by atoms with van der Waals surface area (Å²) in [5.74, 6) is -0.197. The Morgan fingerprint density at radius 1 is 1.06 bits per heavy atom. The van der Waals surface area contributed by atoms with Crippen molar-refractivity contribution in [2.75, 3.05) is 7.05 Å². The fourth-order valence-electron chi connectivity index (χ4n) is 2.29. The van der Waals surface area contributed by atoms with Crippen molar-refractivity contribution in [1.82, 2.24) is 5.32 Å². The van der Waals surface area contributed by atoms with Crippen LogP contribution in [0.15, 0.2) is 48.5 Å². The van der Waals surface area contributed by atoms with E-state index >= 15 is 0 Å². The van der Waals surface area contributed by atoms with Crippen molar-refractivity contribution in [3.8, 4) is 0 Å². The molecule has 2 heteroatoms. The van der Waals surface area contributed by atoms with Crippen LogP contribution in [0, 0.1) is 5.82 Å². The van der Waals surface area contributed by atoms with Crippen LogP contribution in [0.1, 0.15) is 29.7 Å². The van der Waals surface area contributed by atoms with E-state index in [1.165, 1.54) is 23.3 Å². The summed E-state index contributed by atoms with van der Waals surface area (Å²) in [4.78, 5) is 0. The minimum atomic E-state index is -0.197. The van der Waals surface area contributed by atoms with Gasteiger partial charge in [-0.15, -0.1) is 0 Å². The van der Waals surface area contributed by atoms with Crippen LogP contribution < -0.4 is 5.32 Å². The fourth-order valence-corrected chi connectivity index (χ4v) is 2.29. The van der Waals surface area contributed by atoms with Crippen LogP contribution in [-0.4, -0.2) is 7.05 Å². The van der Waals surface area contributed by atoms with Crippen molar-refractivity contribution < 1.29 is 4.39 Å². The smallest absolute Gasteiger partial charge is 0.123 e. The maximum absolute atomic E-state index is 13.0. The molecule has 94 valence electrons. The number of aryl methyl sites for hydroxylation is 1. The second kappa shape index (κ2) is 5.78. The highest BCUT2D eigenvalue weighted by molar-refractivity contribution is 5.37. The Kier molecular flexibility index (Phi) is 4.11. The zero-order valence-electron chi connectivity index (χ0n) is 10.8. The van der Waals surface area contributed by atoms with E-state index in [0.717, 1.165) is 12.0 Å². The van der Waals surface area contributed by atoms with Gasteiger partial charge in [0, 0.05) is 0 Å². The van der Waals surface area contributed by atoms with Gasteiger partial charge >= 0.3 is 0 Å². The molecule has 1 N–H and O–H groups in total. The molecule has 1 nitrogen and oxygen atoms in total. The van der Waals surface area contributed by atoms with E-state index in [9.17, 15) is 4.39 Å². The molecule has 0 aromatic heterocycles. The van der Waals surface area contributed by atoms with Gasteiger partial charge in [-0.05, 0) is 42.3 Å². The normalized spacial score (nSPS) is 12.4. The lowest BCUT2D eigenvalue weighted by Gasteiger charge is -2.20. The summed E-state index contributed by atoms with van der Waals surface area (Å²) >= 11 is 0. The second-order valence-electron chi connectivity index (χ2n) is 4.33. The fraction of sp³-hybridized carbons (Fsp3) is 0.250. The van der Waals surface area contributed by atoms with Gasteiger partial charge in [-0.2, -0.15) is 0 Å². The summed E-state index contributed by atoms with van der Waals surface area (Å²) in [5.41, 5.74) is 3.66. The largest absolute Gasteiger partial charge is 0.309 e. The highest BCUT2D eigenvalue weighted by Crippen LogP contribution is 2.25. The molecular weight excluding hydrogens is 225 g/mol. The molecule has 2 rings (SSSR count). The lowest BCUT2D eigenvalue weighted by Crippen LogP contribution is -2.19. The molecule has 2 aromatic rings. The Bertz CT molecular complexity index is 505. The third-order valence-corrected chi connectivity index (χ3v) is 3.24. The van der Waals surface area contributed by atoms with E-state index in [1.807, 2.05) is 25.2 Å². The molecule has 0 bridgehead atoms. The molecule has 2 aromatic carbocycles. The molecule has 0 aliphatic carbocycles. The Morgan fingerprint density at radius 2 is 1.72 bits per heavy atom. The van der Waals surface area contributed by atoms with Crippen LogP contribution in [0.25, 0.3) is 0 Å². The zero-order valence-corrected chi connectivity index (χ0v) is 10.8. The molecule has 0 heterocycles. The van der Waals surface area contributed by atoms with Crippen molar-refractivity contribution in [1.29, 1.82) is 0 Å². The lowest BCUT2D eigenvalue weighted by molar-refractivity contribution is 0.623. The number of benzene rings is 2. The van der Waals surface area contributed by atoms with E-state index in [4.69, 9.17) is 0 Å². The number of nitrogens with one attached hydrogen (secondary N) is 1. The minimum Gasteiger partial charge on any atom is -0.309 e. The Morgan fingerprint density at radius 3 is 2.33 bits per heavy atom. The first-order valence-corrected chi connectivity index (χ1v) is 6.26. The van der Waals surface area contributed by atoms with Gasteiger partial charge in [0.2, 0.25) is 0 Å². The van der Waals surface area contributed by atoms with E-state index in [2.05, 4.69) is 30.4 Å². The van der Waals surface area contributed by atoms with E-state index in [-0.39, 0.29) is 11.9 Å². The Balaban J connectivity index is 2.41.